The predicted molar refractivity (Wildman–Crippen MR) is 76.5 cm³/mol. The lowest BCUT2D eigenvalue weighted by Gasteiger charge is -1.98. The Labute approximate surface area is 109 Å². The predicted octanol–water partition coefficient (Wildman–Crippen LogP) is 3.70. The van der Waals surface area contributed by atoms with Gasteiger partial charge in [-0.2, -0.15) is 0 Å². The van der Waals surface area contributed by atoms with E-state index in [0.717, 1.165) is 22.0 Å². The summed E-state index contributed by atoms with van der Waals surface area (Å²) in [7, 11) is 0. The molecule has 0 unspecified atom stereocenters. The van der Waals surface area contributed by atoms with Crippen LogP contribution in [0.4, 0.5) is 5.69 Å². The zero-order chi connectivity index (χ0) is 12.5. The first-order valence-electron chi connectivity index (χ1n) is 5.70. The van der Waals surface area contributed by atoms with Gasteiger partial charge in [0.15, 0.2) is 0 Å². The number of benzene rings is 1. The molecule has 0 saturated heterocycles. The summed E-state index contributed by atoms with van der Waals surface area (Å²) in [4.78, 5) is 8.87. The Morgan fingerprint density at radius 1 is 1.11 bits per heavy atom. The lowest BCUT2D eigenvalue weighted by molar-refractivity contribution is 1.27. The van der Waals surface area contributed by atoms with Gasteiger partial charge in [-0.3, -0.25) is 0 Å². The van der Waals surface area contributed by atoms with Crippen molar-refractivity contribution in [2.75, 3.05) is 5.73 Å². The molecule has 3 N–H and O–H groups in total. The van der Waals surface area contributed by atoms with Crippen molar-refractivity contribution in [1.82, 2.24) is 9.97 Å². The number of aryl methyl sites for hydroxylation is 1. The van der Waals surface area contributed by atoms with Gasteiger partial charge in [0.2, 0.25) is 0 Å². The van der Waals surface area contributed by atoms with Gasteiger partial charge in [-0.15, -0.1) is 11.3 Å². The van der Waals surface area contributed by atoms with Crippen LogP contribution in [-0.2, 0) is 0 Å². The van der Waals surface area contributed by atoms with Gasteiger partial charge in [0.1, 0.15) is 5.01 Å². The minimum absolute atomic E-state index is 0.784. The van der Waals surface area contributed by atoms with Crippen molar-refractivity contribution >= 4 is 17.0 Å². The molecule has 3 aromatic rings. The highest BCUT2D eigenvalue weighted by molar-refractivity contribution is 7.18. The van der Waals surface area contributed by atoms with E-state index in [2.05, 4.69) is 9.97 Å². The maximum Gasteiger partial charge on any atom is 0.125 e. The SMILES string of the molecule is Cc1nc(-c2cc[nH]c2)sc1-c1ccc(N)cc1. The van der Waals surface area contributed by atoms with Crippen LogP contribution in [-0.4, -0.2) is 9.97 Å². The summed E-state index contributed by atoms with van der Waals surface area (Å²) in [6.45, 7) is 2.04. The summed E-state index contributed by atoms with van der Waals surface area (Å²) >= 11 is 1.70. The van der Waals surface area contributed by atoms with Crippen LogP contribution in [0.25, 0.3) is 21.0 Å². The third-order valence-corrected chi connectivity index (χ3v) is 4.07. The molecule has 18 heavy (non-hydrogen) atoms. The van der Waals surface area contributed by atoms with Crippen molar-refractivity contribution in [3.05, 3.63) is 48.4 Å². The lowest BCUT2D eigenvalue weighted by Crippen LogP contribution is -1.83. The van der Waals surface area contributed by atoms with Gasteiger partial charge in [0, 0.05) is 23.6 Å². The summed E-state index contributed by atoms with van der Waals surface area (Å²) in [5.41, 5.74) is 9.85. The van der Waals surface area contributed by atoms with E-state index >= 15 is 0 Å². The largest absolute Gasteiger partial charge is 0.399 e. The molecule has 0 fully saturated rings. The maximum atomic E-state index is 5.71. The van der Waals surface area contributed by atoms with Gasteiger partial charge in [0.05, 0.1) is 10.6 Å². The van der Waals surface area contributed by atoms with Gasteiger partial charge >= 0.3 is 0 Å². The molecule has 2 heterocycles. The van der Waals surface area contributed by atoms with Gasteiger partial charge in [-0.1, -0.05) is 12.1 Å². The van der Waals surface area contributed by atoms with Crippen molar-refractivity contribution in [1.29, 1.82) is 0 Å². The Bertz CT molecular complexity index is 651. The van der Waals surface area contributed by atoms with Crippen LogP contribution >= 0.6 is 11.3 Å². The summed E-state index contributed by atoms with van der Waals surface area (Å²) in [6, 6.07) is 9.95. The average Bonchev–Trinajstić information content (AvgIpc) is 2.99. The van der Waals surface area contributed by atoms with E-state index in [4.69, 9.17) is 5.73 Å². The topological polar surface area (TPSA) is 54.7 Å². The highest BCUT2D eigenvalue weighted by Crippen LogP contribution is 2.35. The van der Waals surface area contributed by atoms with Gasteiger partial charge in [0.25, 0.3) is 0 Å². The molecule has 3 rings (SSSR count). The number of hydrogen-bond acceptors (Lipinski definition) is 3. The third-order valence-electron chi connectivity index (χ3n) is 2.81. The molecule has 0 atom stereocenters. The molecule has 0 aliphatic carbocycles. The minimum atomic E-state index is 0.784. The first kappa shape index (κ1) is 11.0. The number of aromatic amines is 1. The number of nitrogens with zero attached hydrogens (tertiary/aromatic N) is 1. The number of nitrogen functional groups attached to an aromatic ring is 1. The third kappa shape index (κ3) is 1.91. The number of aromatic nitrogens is 2. The second-order valence-corrected chi connectivity index (χ2v) is 5.15. The lowest BCUT2D eigenvalue weighted by atomic mass is 10.1. The molecule has 0 aliphatic heterocycles. The number of nitrogens with two attached hydrogens (primary N) is 1. The van der Waals surface area contributed by atoms with Crippen molar-refractivity contribution in [3.8, 4) is 21.0 Å². The highest BCUT2D eigenvalue weighted by Gasteiger charge is 2.11. The van der Waals surface area contributed by atoms with Crippen LogP contribution in [0.3, 0.4) is 0 Å². The van der Waals surface area contributed by atoms with Crippen LogP contribution < -0.4 is 5.73 Å². The Morgan fingerprint density at radius 3 is 2.56 bits per heavy atom. The van der Waals surface area contributed by atoms with Gasteiger partial charge in [-0.25, -0.2) is 4.98 Å². The number of nitrogens with one attached hydrogen (secondary N) is 1. The van der Waals surface area contributed by atoms with Gasteiger partial charge in [-0.05, 0) is 30.7 Å². The maximum absolute atomic E-state index is 5.71. The second-order valence-electron chi connectivity index (χ2n) is 4.16. The Hall–Kier alpha value is -2.07. The van der Waals surface area contributed by atoms with Crippen molar-refractivity contribution in [3.63, 3.8) is 0 Å². The van der Waals surface area contributed by atoms with Crippen LogP contribution in [0.1, 0.15) is 5.69 Å². The first-order chi connectivity index (χ1) is 8.74. The molecule has 0 amide bonds. The van der Waals surface area contributed by atoms with E-state index < -0.39 is 0 Å². The molecule has 0 bridgehead atoms. The number of thiazole rings is 1. The fourth-order valence-corrected chi connectivity index (χ4v) is 2.95. The first-order valence-corrected chi connectivity index (χ1v) is 6.52. The molecular weight excluding hydrogens is 242 g/mol. The average molecular weight is 255 g/mol. The van der Waals surface area contributed by atoms with E-state index in [1.54, 1.807) is 11.3 Å². The van der Waals surface area contributed by atoms with Crippen LogP contribution in [0.5, 0.6) is 0 Å². The molecule has 90 valence electrons. The van der Waals surface area contributed by atoms with E-state index in [-0.39, 0.29) is 0 Å². The highest BCUT2D eigenvalue weighted by atomic mass is 32.1. The van der Waals surface area contributed by atoms with Crippen LogP contribution in [0, 0.1) is 6.92 Å². The summed E-state index contributed by atoms with van der Waals surface area (Å²) in [5.74, 6) is 0. The number of anilines is 1. The zero-order valence-electron chi connectivity index (χ0n) is 9.97. The Morgan fingerprint density at radius 2 is 1.89 bits per heavy atom. The second kappa shape index (κ2) is 4.31. The van der Waals surface area contributed by atoms with Crippen molar-refractivity contribution in [2.24, 2.45) is 0 Å². The molecule has 0 radical (unpaired) electrons. The normalized spacial score (nSPS) is 10.7. The van der Waals surface area contributed by atoms with Gasteiger partial charge < -0.3 is 10.7 Å². The summed E-state index contributed by atoms with van der Waals surface area (Å²) in [6.07, 6.45) is 3.87. The molecule has 0 aliphatic rings. The van der Waals surface area contributed by atoms with Crippen molar-refractivity contribution < 1.29 is 0 Å². The molecule has 0 saturated carbocycles. The molecule has 4 heteroatoms. The monoisotopic (exact) mass is 255 g/mol. The van der Waals surface area contributed by atoms with E-state index in [1.165, 1.54) is 10.4 Å². The number of H-pyrrole nitrogens is 1. The molecule has 1 aromatic carbocycles. The molecule has 2 aromatic heterocycles. The standard InChI is InChI=1S/C14H13N3S/c1-9-13(10-2-4-12(15)5-3-10)18-14(17-9)11-6-7-16-8-11/h2-8,16H,15H2,1H3. The number of hydrogen-bond donors (Lipinski definition) is 2. The molecular formula is C14H13N3S. The Balaban J connectivity index is 2.06. The fourth-order valence-electron chi connectivity index (χ4n) is 1.88. The van der Waals surface area contributed by atoms with E-state index in [9.17, 15) is 0 Å². The molecule has 0 spiro atoms. The summed E-state index contributed by atoms with van der Waals surface area (Å²) in [5, 5.41) is 1.04. The fraction of sp³-hybridized carbons (Fsp3) is 0.0714. The zero-order valence-corrected chi connectivity index (χ0v) is 10.8. The van der Waals surface area contributed by atoms with Crippen molar-refractivity contribution in [2.45, 2.75) is 6.92 Å². The minimum Gasteiger partial charge on any atom is -0.399 e. The van der Waals surface area contributed by atoms with E-state index in [1.807, 2.05) is 49.6 Å². The number of rotatable bonds is 2. The Kier molecular flexibility index (Phi) is 2.64. The summed E-state index contributed by atoms with van der Waals surface area (Å²) < 4.78 is 0. The van der Waals surface area contributed by atoms with E-state index in [0.29, 0.717) is 0 Å². The smallest absolute Gasteiger partial charge is 0.125 e. The molecule has 3 nitrogen and oxygen atoms in total. The van der Waals surface area contributed by atoms with Crippen LogP contribution in [0.15, 0.2) is 42.7 Å². The quantitative estimate of drug-likeness (QED) is 0.686. The van der Waals surface area contributed by atoms with Crippen LogP contribution in [0.2, 0.25) is 0 Å².